The minimum Gasteiger partial charge on any atom is -0.429 e. The predicted octanol–water partition coefficient (Wildman–Crippen LogP) is 2.53. The maximum Gasteiger partial charge on any atom is 0.524 e. The lowest BCUT2D eigenvalue weighted by molar-refractivity contribution is -0.109. The average molecular weight is 489 g/mol. The van der Waals surface area contributed by atoms with Crippen molar-refractivity contribution in [3.63, 3.8) is 0 Å². The Kier molecular flexibility index (Phi) is 8.25. The Morgan fingerprint density at radius 2 is 1.71 bits per heavy atom. The van der Waals surface area contributed by atoms with Crippen LogP contribution in [0.3, 0.4) is 0 Å². The van der Waals surface area contributed by atoms with Gasteiger partial charge in [0.2, 0.25) is 6.41 Å². The first kappa shape index (κ1) is 24.8. The number of hydrogen-bond acceptors (Lipinski definition) is 9. The zero-order chi connectivity index (χ0) is 24.6. The normalized spacial score (nSPS) is 11.0. The largest absolute Gasteiger partial charge is 0.524 e. The monoisotopic (exact) mass is 489 g/mol. The van der Waals surface area contributed by atoms with Gasteiger partial charge < -0.3 is 19.3 Å². The third-order valence-electron chi connectivity index (χ3n) is 4.30. The van der Waals surface area contributed by atoms with Gasteiger partial charge in [-0.3, -0.25) is 19.4 Å². The molecule has 3 N–H and O–H groups in total. The number of nitrogens with one attached hydrogen (secondary N) is 1. The maximum atomic E-state index is 12.6. The van der Waals surface area contributed by atoms with Gasteiger partial charge in [-0.2, -0.15) is 0 Å². The molecule has 1 aromatic heterocycles. The Morgan fingerprint density at radius 1 is 1.03 bits per heavy atom. The number of ketones is 1. The molecule has 0 radical (unpaired) electrons. The van der Waals surface area contributed by atoms with Crippen LogP contribution in [0.4, 0.5) is 4.79 Å². The van der Waals surface area contributed by atoms with E-state index in [0.717, 1.165) is 0 Å². The highest BCUT2D eigenvalue weighted by molar-refractivity contribution is 7.46. The molecule has 0 unspecified atom stereocenters. The number of hydrogen-bond donors (Lipinski definition) is 3. The van der Waals surface area contributed by atoms with Gasteiger partial charge in [-0.25, -0.2) is 19.3 Å². The fourth-order valence-electron chi connectivity index (χ4n) is 2.80. The third-order valence-corrected chi connectivity index (χ3v) is 4.74. The molecule has 0 aliphatic rings. The zero-order valence-electron chi connectivity index (χ0n) is 17.6. The van der Waals surface area contributed by atoms with Crippen LogP contribution in [0, 0.1) is 0 Å². The number of aromatic nitrogens is 2. The lowest BCUT2D eigenvalue weighted by Gasteiger charge is -2.10. The van der Waals surface area contributed by atoms with Gasteiger partial charge in [0.1, 0.15) is 12.4 Å². The molecule has 13 heteroatoms. The molecular formula is C21H20N3O9P. The Hall–Kier alpha value is -3.86. The molecule has 0 spiro atoms. The van der Waals surface area contributed by atoms with E-state index in [0.29, 0.717) is 36.0 Å². The van der Waals surface area contributed by atoms with E-state index >= 15 is 0 Å². The van der Waals surface area contributed by atoms with Gasteiger partial charge >= 0.3 is 14.0 Å². The van der Waals surface area contributed by atoms with E-state index in [4.69, 9.17) is 19.3 Å². The molecule has 0 aliphatic carbocycles. The Labute approximate surface area is 193 Å². The SMILES string of the molecule is O=CNCCCC(=O)c1nc2ccccc2nc1OC(=O)OCc1ccc(OP(=O)(O)O)cc1. The number of phosphoric acid groups is 1. The van der Waals surface area contributed by atoms with Crippen molar-refractivity contribution < 1.29 is 42.7 Å². The fraction of sp³-hybridized carbons (Fsp3) is 0.190. The van der Waals surface area contributed by atoms with E-state index in [1.54, 1.807) is 24.3 Å². The van der Waals surface area contributed by atoms with Crippen molar-refractivity contribution in [2.24, 2.45) is 0 Å². The molecule has 3 aromatic rings. The molecule has 1 amide bonds. The molecular weight excluding hydrogens is 469 g/mol. The van der Waals surface area contributed by atoms with Crippen molar-refractivity contribution in [1.29, 1.82) is 0 Å². The van der Waals surface area contributed by atoms with E-state index < -0.39 is 19.8 Å². The summed E-state index contributed by atoms with van der Waals surface area (Å²) in [4.78, 5) is 61.3. The smallest absolute Gasteiger partial charge is 0.429 e. The predicted molar refractivity (Wildman–Crippen MR) is 117 cm³/mol. The lowest BCUT2D eigenvalue weighted by Crippen LogP contribution is -2.17. The van der Waals surface area contributed by atoms with Crippen molar-refractivity contribution in [3.8, 4) is 11.6 Å². The number of Topliss-reactive ketones (excluding diaryl/α,β-unsaturated/α-hetero) is 1. The van der Waals surface area contributed by atoms with E-state index in [-0.39, 0.29) is 30.4 Å². The number of fused-ring (bicyclic) bond motifs is 1. The van der Waals surface area contributed by atoms with Crippen LogP contribution in [0.25, 0.3) is 11.0 Å². The molecule has 0 aliphatic heterocycles. The molecule has 0 fully saturated rings. The highest BCUT2D eigenvalue weighted by Gasteiger charge is 2.21. The van der Waals surface area contributed by atoms with Crippen molar-refractivity contribution in [2.75, 3.05) is 6.54 Å². The second-order valence-corrected chi connectivity index (χ2v) is 8.00. The van der Waals surface area contributed by atoms with Gasteiger partial charge in [-0.05, 0) is 36.2 Å². The number of nitrogens with zero attached hydrogens (tertiary/aromatic N) is 2. The molecule has 0 saturated carbocycles. The van der Waals surface area contributed by atoms with Gasteiger partial charge in [0, 0.05) is 13.0 Å². The highest BCUT2D eigenvalue weighted by Crippen LogP contribution is 2.37. The number of rotatable bonds is 11. The summed E-state index contributed by atoms with van der Waals surface area (Å²) < 4.78 is 25.5. The first-order valence-electron chi connectivity index (χ1n) is 9.91. The van der Waals surface area contributed by atoms with Crippen LogP contribution in [-0.4, -0.2) is 44.6 Å². The summed E-state index contributed by atoms with van der Waals surface area (Å²) in [6, 6.07) is 12.2. The topological polar surface area (TPSA) is 174 Å². The number of carbonyl (C=O) groups excluding carboxylic acids is 3. The van der Waals surface area contributed by atoms with Crippen LogP contribution in [0.2, 0.25) is 0 Å². The quantitative estimate of drug-likeness (QED) is 0.119. The van der Waals surface area contributed by atoms with Crippen LogP contribution in [0.5, 0.6) is 11.6 Å². The van der Waals surface area contributed by atoms with Crippen LogP contribution in [0.15, 0.2) is 48.5 Å². The molecule has 34 heavy (non-hydrogen) atoms. The highest BCUT2D eigenvalue weighted by atomic mass is 31.2. The molecule has 2 aromatic carbocycles. The Bertz CT molecular complexity index is 1230. The molecule has 0 atom stereocenters. The van der Waals surface area contributed by atoms with Gasteiger partial charge in [0.15, 0.2) is 11.5 Å². The van der Waals surface area contributed by atoms with Crippen LogP contribution in [-0.2, 0) is 20.7 Å². The first-order valence-corrected chi connectivity index (χ1v) is 11.4. The summed E-state index contributed by atoms with van der Waals surface area (Å²) in [6.45, 7) is 0.0726. The van der Waals surface area contributed by atoms with Crippen molar-refractivity contribution in [2.45, 2.75) is 19.4 Å². The number of ether oxygens (including phenoxy) is 2. The fourth-order valence-corrected chi connectivity index (χ4v) is 3.20. The standard InChI is InChI=1S/C21H20N3O9P/c25-13-22-11-3-6-18(26)19-20(24-17-5-2-1-4-16(17)23-19)32-21(27)31-12-14-7-9-15(10-8-14)33-34(28,29)30/h1-2,4-5,7-10,13H,3,6,11-12H2,(H,22,25)(H2,28,29,30). The van der Waals surface area contributed by atoms with Crippen LogP contribution < -0.4 is 14.6 Å². The summed E-state index contributed by atoms with van der Waals surface area (Å²) in [5.41, 5.74) is 1.19. The van der Waals surface area contributed by atoms with E-state index in [1.807, 2.05) is 0 Å². The summed E-state index contributed by atoms with van der Waals surface area (Å²) >= 11 is 0. The summed E-state index contributed by atoms with van der Waals surface area (Å²) in [5.74, 6) is -0.783. The number of amides is 1. The first-order chi connectivity index (χ1) is 16.2. The summed E-state index contributed by atoms with van der Waals surface area (Å²) in [6.07, 6.45) is -0.194. The molecule has 178 valence electrons. The maximum absolute atomic E-state index is 12.6. The third kappa shape index (κ3) is 7.34. The number of phosphoric ester groups is 1. The zero-order valence-corrected chi connectivity index (χ0v) is 18.5. The second kappa shape index (κ2) is 11.3. The minimum atomic E-state index is -4.68. The van der Waals surface area contributed by atoms with Gasteiger partial charge in [0.05, 0.1) is 11.0 Å². The Balaban J connectivity index is 1.68. The lowest BCUT2D eigenvalue weighted by atomic mass is 10.1. The average Bonchev–Trinajstić information content (AvgIpc) is 2.80. The molecule has 0 saturated heterocycles. The van der Waals surface area contributed by atoms with Crippen molar-refractivity contribution in [3.05, 3.63) is 59.8 Å². The summed E-state index contributed by atoms with van der Waals surface area (Å²) in [7, 11) is -4.68. The van der Waals surface area contributed by atoms with Crippen molar-refractivity contribution in [1.82, 2.24) is 15.3 Å². The van der Waals surface area contributed by atoms with Gasteiger partial charge in [-0.15, -0.1) is 0 Å². The van der Waals surface area contributed by atoms with Crippen molar-refractivity contribution >= 4 is 37.2 Å². The summed E-state index contributed by atoms with van der Waals surface area (Å²) in [5, 5.41) is 2.46. The minimum absolute atomic E-state index is 0.0439. The molecule has 1 heterocycles. The second-order valence-electron chi connectivity index (χ2n) is 6.83. The number of carbonyl (C=O) groups is 3. The molecule has 3 rings (SSSR count). The van der Waals surface area contributed by atoms with Gasteiger partial charge in [-0.1, -0.05) is 24.3 Å². The Morgan fingerprint density at radius 3 is 2.35 bits per heavy atom. The van der Waals surface area contributed by atoms with E-state index in [2.05, 4.69) is 19.8 Å². The molecule has 0 bridgehead atoms. The van der Waals surface area contributed by atoms with E-state index in [9.17, 15) is 18.9 Å². The van der Waals surface area contributed by atoms with E-state index in [1.165, 1.54) is 24.3 Å². The molecule has 12 nitrogen and oxygen atoms in total. The number of para-hydroxylation sites is 2. The number of benzene rings is 2. The van der Waals surface area contributed by atoms with Gasteiger partial charge in [0.25, 0.3) is 5.88 Å². The van der Waals surface area contributed by atoms with Crippen LogP contribution in [0.1, 0.15) is 28.9 Å². The van der Waals surface area contributed by atoms with Crippen LogP contribution >= 0.6 is 7.82 Å².